The molecular formula is C19H26N4O4. The predicted molar refractivity (Wildman–Crippen MR) is 101 cm³/mol. The van der Waals surface area contributed by atoms with Gasteiger partial charge >= 0.3 is 5.97 Å². The second kappa shape index (κ2) is 9.70. The second-order valence-electron chi connectivity index (χ2n) is 6.56. The Balaban J connectivity index is 1.75. The quantitative estimate of drug-likeness (QED) is 0.280. The highest BCUT2D eigenvalue weighted by Crippen LogP contribution is 2.34. The van der Waals surface area contributed by atoms with Gasteiger partial charge in [0.2, 0.25) is 11.8 Å². The number of carbonyl (C=O) groups is 3. The first-order valence-corrected chi connectivity index (χ1v) is 9.08. The van der Waals surface area contributed by atoms with Crippen LogP contribution >= 0.6 is 0 Å². The van der Waals surface area contributed by atoms with Crippen LogP contribution in [-0.2, 0) is 19.1 Å². The Bertz CT molecular complexity index is 698. The molecule has 2 amide bonds. The molecule has 0 spiro atoms. The van der Waals surface area contributed by atoms with Gasteiger partial charge in [-0.15, -0.1) is 0 Å². The highest BCUT2D eigenvalue weighted by Gasteiger charge is 2.34. The fourth-order valence-corrected chi connectivity index (χ4v) is 2.70. The summed E-state index contributed by atoms with van der Waals surface area (Å²) in [6, 6.07) is 6.35. The molecule has 146 valence electrons. The number of ether oxygens (including phenoxy) is 1. The largest absolute Gasteiger partial charge is 0.466 e. The van der Waals surface area contributed by atoms with Gasteiger partial charge in [0.15, 0.2) is 0 Å². The molecule has 1 saturated carbocycles. The number of hydrogen-bond acceptors (Lipinski definition) is 5. The molecule has 0 heterocycles. The maximum Gasteiger partial charge on any atom is 0.307 e. The number of anilines is 1. The molecule has 0 aliphatic heterocycles. The fraction of sp³-hybridized carbons (Fsp3) is 0.474. The Labute approximate surface area is 158 Å². The SMILES string of the molecule is CCOC(=O)CC(NC(=O)CCC(=O)Nc1ccc(C(=N)N)cc1)C1CC1. The molecule has 1 aliphatic carbocycles. The average molecular weight is 374 g/mol. The number of amides is 2. The van der Waals surface area contributed by atoms with Gasteiger partial charge in [-0.3, -0.25) is 19.8 Å². The lowest BCUT2D eigenvalue weighted by Crippen LogP contribution is -2.38. The number of esters is 1. The van der Waals surface area contributed by atoms with E-state index in [1.54, 1.807) is 31.2 Å². The molecule has 5 N–H and O–H groups in total. The molecule has 1 aromatic rings. The van der Waals surface area contributed by atoms with Gasteiger partial charge in [0.05, 0.1) is 13.0 Å². The van der Waals surface area contributed by atoms with E-state index in [2.05, 4.69) is 10.6 Å². The van der Waals surface area contributed by atoms with Crippen molar-refractivity contribution in [2.75, 3.05) is 11.9 Å². The Morgan fingerprint density at radius 2 is 1.81 bits per heavy atom. The van der Waals surface area contributed by atoms with E-state index in [1.807, 2.05) is 0 Å². The van der Waals surface area contributed by atoms with Gasteiger partial charge in [0.25, 0.3) is 0 Å². The Kier molecular flexibility index (Phi) is 7.34. The lowest BCUT2D eigenvalue weighted by Gasteiger charge is -2.17. The summed E-state index contributed by atoms with van der Waals surface area (Å²) in [5, 5.41) is 12.9. The molecular weight excluding hydrogens is 348 g/mol. The molecule has 1 aliphatic rings. The lowest BCUT2D eigenvalue weighted by atomic mass is 10.1. The zero-order chi connectivity index (χ0) is 19.8. The summed E-state index contributed by atoms with van der Waals surface area (Å²) in [6.45, 7) is 2.06. The summed E-state index contributed by atoms with van der Waals surface area (Å²) < 4.78 is 4.94. The topological polar surface area (TPSA) is 134 Å². The second-order valence-corrected chi connectivity index (χ2v) is 6.56. The van der Waals surface area contributed by atoms with Gasteiger partial charge in [0.1, 0.15) is 5.84 Å². The first kappa shape index (κ1) is 20.4. The molecule has 8 heteroatoms. The van der Waals surface area contributed by atoms with E-state index in [1.165, 1.54) is 0 Å². The zero-order valence-corrected chi connectivity index (χ0v) is 15.4. The van der Waals surface area contributed by atoms with Crippen LogP contribution in [0.3, 0.4) is 0 Å². The number of hydrogen-bond donors (Lipinski definition) is 4. The minimum absolute atomic E-state index is 0.0388. The minimum atomic E-state index is -0.318. The third kappa shape index (κ3) is 7.08. The van der Waals surface area contributed by atoms with Crippen molar-refractivity contribution >= 4 is 29.3 Å². The van der Waals surface area contributed by atoms with Crippen LogP contribution < -0.4 is 16.4 Å². The maximum atomic E-state index is 12.1. The van der Waals surface area contributed by atoms with Crippen molar-refractivity contribution in [3.05, 3.63) is 29.8 Å². The normalized spacial score (nSPS) is 14.1. The van der Waals surface area contributed by atoms with Gasteiger partial charge in [-0.05, 0) is 49.9 Å². The molecule has 1 unspecified atom stereocenters. The van der Waals surface area contributed by atoms with Crippen molar-refractivity contribution in [3.63, 3.8) is 0 Å². The van der Waals surface area contributed by atoms with Gasteiger partial charge in [-0.25, -0.2) is 0 Å². The van der Waals surface area contributed by atoms with Gasteiger partial charge < -0.3 is 21.1 Å². The molecule has 2 rings (SSSR count). The summed E-state index contributed by atoms with van der Waals surface area (Å²) in [6.07, 6.45) is 2.22. The predicted octanol–water partition coefficient (Wildman–Crippen LogP) is 1.54. The van der Waals surface area contributed by atoms with Crippen LogP contribution in [-0.4, -0.2) is 36.3 Å². The van der Waals surface area contributed by atoms with E-state index in [0.29, 0.717) is 23.8 Å². The number of nitrogens with one attached hydrogen (secondary N) is 3. The molecule has 0 bridgehead atoms. The van der Waals surface area contributed by atoms with E-state index >= 15 is 0 Å². The van der Waals surface area contributed by atoms with E-state index in [4.69, 9.17) is 15.9 Å². The van der Waals surface area contributed by atoms with E-state index in [9.17, 15) is 14.4 Å². The highest BCUT2D eigenvalue weighted by atomic mass is 16.5. The van der Waals surface area contributed by atoms with Gasteiger partial charge in [-0.1, -0.05) is 0 Å². The number of benzene rings is 1. The summed E-state index contributed by atoms with van der Waals surface area (Å²) in [4.78, 5) is 35.8. The van der Waals surface area contributed by atoms with Crippen molar-refractivity contribution in [1.29, 1.82) is 5.41 Å². The van der Waals surface area contributed by atoms with Crippen LogP contribution in [0.2, 0.25) is 0 Å². The van der Waals surface area contributed by atoms with Crippen molar-refractivity contribution in [2.24, 2.45) is 11.7 Å². The zero-order valence-electron chi connectivity index (χ0n) is 15.4. The van der Waals surface area contributed by atoms with Crippen molar-refractivity contribution < 1.29 is 19.1 Å². The van der Waals surface area contributed by atoms with Crippen molar-refractivity contribution in [1.82, 2.24) is 5.32 Å². The smallest absolute Gasteiger partial charge is 0.307 e. The molecule has 1 fully saturated rings. The fourth-order valence-electron chi connectivity index (χ4n) is 2.70. The van der Waals surface area contributed by atoms with Crippen molar-refractivity contribution in [2.45, 2.75) is 45.1 Å². The molecule has 0 radical (unpaired) electrons. The molecule has 8 nitrogen and oxygen atoms in total. The number of nitrogens with two attached hydrogens (primary N) is 1. The standard InChI is InChI=1S/C19H26N4O4/c1-2-27-18(26)11-15(12-3-4-12)23-17(25)10-9-16(24)22-14-7-5-13(6-8-14)19(20)21/h5-8,12,15H,2-4,9-11H2,1H3,(H3,20,21)(H,22,24)(H,23,25). The molecule has 27 heavy (non-hydrogen) atoms. The maximum absolute atomic E-state index is 12.1. The third-order valence-corrected chi connectivity index (χ3v) is 4.29. The lowest BCUT2D eigenvalue weighted by molar-refractivity contribution is -0.144. The van der Waals surface area contributed by atoms with E-state index in [0.717, 1.165) is 12.8 Å². The number of nitrogen functional groups attached to an aromatic ring is 1. The first-order valence-electron chi connectivity index (χ1n) is 9.08. The van der Waals surface area contributed by atoms with Crippen LogP contribution in [0.1, 0.15) is 44.6 Å². The number of rotatable bonds is 10. The summed E-state index contributed by atoms with van der Waals surface area (Å²) in [5.41, 5.74) is 6.52. The third-order valence-electron chi connectivity index (χ3n) is 4.29. The van der Waals surface area contributed by atoms with Crippen LogP contribution in [0, 0.1) is 11.3 Å². The summed E-state index contributed by atoms with van der Waals surface area (Å²) in [5.74, 6) is -0.585. The first-order chi connectivity index (χ1) is 12.9. The minimum Gasteiger partial charge on any atom is -0.466 e. The van der Waals surface area contributed by atoms with Crippen LogP contribution in [0.5, 0.6) is 0 Å². The molecule has 1 aromatic carbocycles. The van der Waals surface area contributed by atoms with Gasteiger partial charge in [-0.2, -0.15) is 0 Å². The summed E-state index contributed by atoms with van der Waals surface area (Å²) >= 11 is 0. The monoisotopic (exact) mass is 374 g/mol. The van der Waals surface area contributed by atoms with Crippen molar-refractivity contribution in [3.8, 4) is 0 Å². The molecule has 0 aromatic heterocycles. The summed E-state index contributed by atoms with van der Waals surface area (Å²) in [7, 11) is 0. The van der Waals surface area contributed by atoms with Gasteiger partial charge in [0, 0.05) is 30.1 Å². The number of amidine groups is 1. The highest BCUT2D eigenvalue weighted by molar-refractivity contribution is 5.96. The van der Waals surface area contributed by atoms with Crippen LogP contribution in [0.15, 0.2) is 24.3 Å². The molecule has 1 atom stereocenters. The Hall–Kier alpha value is -2.90. The van der Waals surface area contributed by atoms with Crippen LogP contribution in [0.4, 0.5) is 5.69 Å². The Morgan fingerprint density at radius 3 is 2.37 bits per heavy atom. The van der Waals surface area contributed by atoms with E-state index < -0.39 is 0 Å². The van der Waals surface area contributed by atoms with E-state index in [-0.39, 0.29) is 48.9 Å². The molecule has 0 saturated heterocycles. The number of carbonyl (C=O) groups excluding carboxylic acids is 3. The van der Waals surface area contributed by atoms with Crippen LogP contribution in [0.25, 0.3) is 0 Å². The Morgan fingerprint density at radius 1 is 1.19 bits per heavy atom. The average Bonchev–Trinajstić information content (AvgIpc) is 3.45.